The van der Waals surface area contributed by atoms with E-state index in [1.165, 1.54) is 18.2 Å². The van der Waals surface area contributed by atoms with Crippen LogP contribution in [0.5, 0.6) is 0 Å². The van der Waals surface area contributed by atoms with Crippen molar-refractivity contribution in [3.63, 3.8) is 0 Å². The molecule has 1 unspecified atom stereocenters. The molecule has 34 heavy (non-hydrogen) atoms. The zero-order valence-electron chi connectivity index (χ0n) is 18.3. The summed E-state index contributed by atoms with van der Waals surface area (Å²) in [5.41, 5.74) is -0.351. The number of halogens is 1. The zero-order valence-corrected chi connectivity index (χ0v) is 20.7. The Morgan fingerprint density at radius 1 is 0.941 bits per heavy atom. The number of benzene rings is 1. The van der Waals surface area contributed by atoms with Crippen LogP contribution in [0.15, 0.2) is 23.1 Å². The fourth-order valence-electron chi connectivity index (χ4n) is 3.62. The quantitative estimate of drug-likeness (QED) is 0.204. The summed E-state index contributed by atoms with van der Waals surface area (Å²) in [5.74, 6) is -3.29. The Balaban J connectivity index is 1.60. The molecule has 0 saturated carbocycles. The highest BCUT2D eigenvalue weighted by Crippen LogP contribution is 2.32. The molecule has 1 aromatic carbocycles. The van der Waals surface area contributed by atoms with E-state index in [2.05, 4.69) is 21.2 Å². The number of piperidine rings is 1. The fraction of sp³-hybridized carbons (Fsp3) is 0.524. The average Bonchev–Trinajstić information content (AvgIpc) is 3.05. The van der Waals surface area contributed by atoms with Crippen LogP contribution in [0, 0.1) is 0 Å². The smallest absolute Gasteiger partial charge is 0.263 e. The summed E-state index contributed by atoms with van der Waals surface area (Å²) < 4.78 is 41.7. The molecule has 0 bridgehead atoms. The Labute approximate surface area is 205 Å². The minimum Gasteiger partial charge on any atom is -0.378 e. The van der Waals surface area contributed by atoms with E-state index < -0.39 is 45.3 Å². The van der Waals surface area contributed by atoms with Crippen molar-refractivity contribution < 1.29 is 41.8 Å². The van der Waals surface area contributed by atoms with E-state index in [0.717, 1.165) is 10.2 Å². The van der Waals surface area contributed by atoms with Gasteiger partial charge in [0.05, 0.1) is 61.4 Å². The van der Waals surface area contributed by atoms with Gasteiger partial charge in [0.25, 0.3) is 11.8 Å². The number of alkyl halides is 1. The highest BCUT2D eigenvalue weighted by Gasteiger charge is 2.46. The first-order valence-electron chi connectivity index (χ1n) is 10.6. The van der Waals surface area contributed by atoms with Crippen LogP contribution in [0.2, 0.25) is 0 Å². The van der Waals surface area contributed by atoms with Crippen molar-refractivity contribution in [2.45, 2.75) is 23.8 Å². The number of rotatable bonds is 13. The number of carbonyl (C=O) groups is 4. The second kappa shape index (κ2) is 12.0. The van der Waals surface area contributed by atoms with Crippen molar-refractivity contribution in [3.8, 4) is 0 Å². The van der Waals surface area contributed by atoms with Crippen LogP contribution in [-0.4, -0.2) is 93.7 Å². The number of nitrogens with zero attached hydrogens (tertiary/aromatic N) is 1. The first-order valence-corrected chi connectivity index (χ1v) is 13.4. The van der Waals surface area contributed by atoms with E-state index in [4.69, 9.17) is 14.2 Å². The van der Waals surface area contributed by atoms with Gasteiger partial charge in [0.2, 0.25) is 11.8 Å². The van der Waals surface area contributed by atoms with E-state index in [9.17, 15) is 27.6 Å². The van der Waals surface area contributed by atoms with Gasteiger partial charge in [-0.3, -0.25) is 29.4 Å². The molecule has 2 heterocycles. The van der Waals surface area contributed by atoms with Gasteiger partial charge in [0.1, 0.15) is 6.04 Å². The third-order valence-electron chi connectivity index (χ3n) is 5.23. The molecule has 1 atom stereocenters. The Hall–Kier alpha value is -2.19. The summed E-state index contributed by atoms with van der Waals surface area (Å²) in [6.45, 7) is 1.75. The number of ether oxygens (including phenoxy) is 3. The molecule has 0 spiro atoms. The third kappa shape index (κ3) is 6.08. The molecule has 2 aliphatic rings. The van der Waals surface area contributed by atoms with Crippen molar-refractivity contribution in [3.05, 3.63) is 29.3 Å². The molecule has 0 aliphatic carbocycles. The molecule has 13 heteroatoms. The summed E-state index contributed by atoms with van der Waals surface area (Å²) in [4.78, 5) is 50.0. The molecule has 1 saturated heterocycles. The number of hydrogen-bond acceptors (Lipinski definition) is 9. The molecule has 1 N–H and O–H groups in total. The van der Waals surface area contributed by atoms with Gasteiger partial charge in [-0.25, -0.2) is 8.42 Å². The maximum Gasteiger partial charge on any atom is 0.263 e. The van der Waals surface area contributed by atoms with E-state index in [1.807, 2.05) is 0 Å². The largest absolute Gasteiger partial charge is 0.378 e. The van der Waals surface area contributed by atoms with Gasteiger partial charge in [-0.05, 0) is 18.6 Å². The third-order valence-corrected chi connectivity index (χ3v) is 7.27. The van der Waals surface area contributed by atoms with Gasteiger partial charge in [-0.1, -0.05) is 22.0 Å². The first-order chi connectivity index (χ1) is 16.3. The molecule has 0 radical (unpaired) electrons. The summed E-state index contributed by atoms with van der Waals surface area (Å²) in [6, 6.07) is 2.80. The molecule has 1 fully saturated rings. The SMILES string of the molecule is O=C1CCC(N2C(=O)c3cccc(S(=O)(=O)CCOCCOCCOCCBr)c3C2=O)C(=O)N1. The molecule has 0 aromatic heterocycles. The molecule has 11 nitrogen and oxygen atoms in total. The van der Waals surface area contributed by atoms with Crippen molar-refractivity contribution in [1.29, 1.82) is 0 Å². The predicted molar refractivity (Wildman–Crippen MR) is 121 cm³/mol. The number of nitrogens with one attached hydrogen (secondary N) is 1. The van der Waals surface area contributed by atoms with E-state index in [-0.39, 0.29) is 48.7 Å². The molecule has 4 amide bonds. The van der Waals surface area contributed by atoms with Crippen LogP contribution in [0.1, 0.15) is 33.6 Å². The Kier molecular flexibility index (Phi) is 9.31. The van der Waals surface area contributed by atoms with Crippen LogP contribution in [-0.2, 0) is 33.6 Å². The predicted octanol–water partition coefficient (Wildman–Crippen LogP) is 0.306. The lowest BCUT2D eigenvalue weighted by atomic mass is 10.0. The van der Waals surface area contributed by atoms with Crippen LogP contribution in [0.25, 0.3) is 0 Å². The van der Waals surface area contributed by atoms with Crippen LogP contribution >= 0.6 is 15.9 Å². The Morgan fingerprint density at radius 2 is 1.59 bits per heavy atom. The number of sulfone groups is 1. The highest BCUT2D eigenvalue weighted by molar-refractivity contribution is 9.09. The topological polar surface area (TPSA) is 145 Å². The number of fused-ring (bicyclic) bond motifs is 1. The van der Waals surface area contributed by atoms with E-state index >= 15 is 0 Å². The second-order valence-electron chi connectivity index (χ2n) is 7.47. The van der Waals surface area contributed by atoms with E-state index in [1.54, 1.807) is 0 Å². The number of hydrogen-bond donors (Lipinski definition) is 1. The summed E-state index contributed by atoms with van der Waals surface area (Å²) in [7, 11) is -3.97. The monoisotopic (exact) mass is 560 g/mol. The first kappa shape index (κ1) is 26.4. The summed E-state index contributed by atoms with van der Waals surface area (Å²) in [5, 5.41) is 2.84. The second-order valence-corrected chi connectivity index (χ2v) is 10.3. The van der Waals surface area contributed by atoms with Gasteiger partial charge in [-0.2, -0.15) is 0 Å². The number of imide groups is 2. The van der Waals surface area contributed by atoms with Gasteiger partial charge in [0.15, 0.2) is 9.84 Å². The standard InChI is InChI=1S/C21H25BrN2O9S/c22-6-7-31-8-9-32-10-11-33-12-13-34(29,30)16-3-1-2-14-18(16)21(28)24(20(14)27)15-4-5-17(25)23-19(15)26/h1-3,15H,4-13H2,(H,23,25,26). The normalized spacial score (nSPS) is 18.4. The lowest BCUT2D eigenvalue weighted by molar-refractivity contribution is -0.136. The Morgan fingerprint density at radius 3 is 2.24 bits per heavy atom. The maximum absolute atomic E-state index is 13.1. The average molecular weight is 561 g/mol. The van der Waals surface area contributed by atoms with E-state index in [0.29, 0.717) is 19.8 Å². The lowest BCUT2D eigenvalue weighted by Crippen LogP contribution is -2.54. The lowest BCUT2D eigenvalue weighted by Gasteiger charge is -2.27. The number of carbonyl (C=O) groups excluding carboxylic acids is 4. The molecule has 1 aromatic rings. The minimum absolute atomic E-state index is 0.0171. The van der Waals surface area contributed by atoms with Gasteiger partial charge in [-0.15, -0.1) is 0 Å². The van der Waals surface area contributed by atoms with Crippen LogP contribution in [0.4, 0.5) is 0 Å². The molecule has 3 rings (SSSR count). The van der Waals surface area contributed by atoms with Crippen molar-refractivity contribution in [2.24, 2.45) is 0 Å². The molecular formula is C21H25BrN2O9S. The minimum atomic E-state index is -3.97. The highest BCUT2D eigenvalue weighted by atomic mass is 79.9. The van der Waals surface area contributed by atoms with Crippen molar-refractivity contribution in [1.82, 2.24) is 10.2 Å². The number of amides is 4. The zero-order chi connectivity index (χ0) is 24.7. The van der Waals surface area contributed by atoms with Gasteiger partial charge >= 0.3 is 0 Å². The molecular weight excluding hydrogens is 536 g/mol. The summed E-state index contributed by atoms with van der Waals surface area (Å²) >= 11 is 3.24. The van der Waals surface area contributed by atoms with Crippen LogP contribution in [0.3, 0.4) is 0 Å². The van der Waals surface area contributed by atoms with Crippen molar-refractivity contribution in [2.75, 3.05) is 50.7 Å². The Bertz CT molecular complexity index is 1060. The van der Waals surface area contributed by atoms with Crippen molar-refractivity contribution >= 4 is 49.4 Å². The fourth-order valence-corrected chi connectivity index (χ4v) is 5.20. The molecule has 2 aliphatic heterocycles. The van der Waals surface area contributed by atoms with Crippen LogP contribution < -0.4 is 5.32 Å². The maximum atomic E-state index is 13.1. The summed E-state index contributed by atoms with van der Waals surface area (Å²) in [6.07, 6.45) is -0.0450. The van der Waals surface area contributed by atoms with Gasteiger partial charge in [0, 0.05) is 11.8 Å². The molecule has 186 valence electrons. The van der Waals surface area contributed by atoms with Gasteiger partial charge < -0.3 is 14.2 Å².